The van der Waals surface area contributed by atoms with Crippen LogP contribution >= 0.6 is 15.9 Å². The Bertz CT molecular complexity index is 629. The summed E-state index contributed by atoms with van der Waals surface area (Å²) in [5, 5.41) is 9.09. The normalized spacial score (nSPS) is 9.89. The van der Waals surface area contributed by atoms with Crippen LogP contribution in [0.5, 0.6) is 11.5 Å². The van der Waals surface area contributed by atoms with Crippen LogP contribution in [0, 0.1) is 25.2 Å². The van der Waals surface area contributed by atoms with Gasteiger partial charge in [-0.05, 0) is 59.1 Å². The van der Waals surface area contributed by atoms with Crippen LogP contribution in [-0.4, -0.2) is 0 Å². The van der Waals surface area contributed by atoms with Gasteiger partial charge < -0.3 is 4.74 Å². The van der Waals surface area contributed by atoms with Crippen LogP contribution in [0.1, 0.15) is 16.7 Å². The molecular weight excluding hydrogens is 290 g/mol. The maximum atomic E-state index is 9.09. The lowest BCUT2D eigenvalue weighted by Gasteiger charge is -2.12. The van der Waals surface area contributed by atoms with Crippen molar-refractivity contribution in [3.05, 3.63) is 57.6 Å². The average Bonchev–Trinajstić information content (AvgIpc) is 2.34. The molecular formula is C15H12BrNO. The van der Waals surface area contributed by atoms with Crippen LogP contribution in [0.25, 0.3) is 0 Å². The van der Waals surface area contributed by atoms with E-state index in [2.05, 4.69) is 22.0 Å². The number of nitriles is 1. The third-order valence-corrected chi connectivity index (χ3v) is 3.25. The van der Waals surface area contributed by atoms with Gasteiger partial charge in [-0.3, -0.25) is 0 Å². The molecule has 0 N–H and O–H groups in total. The molecule has 18 heavy (non-hydrogen) atoms. The minimum Gasteiger partial charge on any atom is -0.455 e. The van der Waals surface area contributed by atoms with E-state index in [9.17, 15) is 0 Å². The van der Waals surface area contributed by atoms with Gasteiger partial charge in [0.1, 0.15) is 17.6 Å². The maximum absolute atomic E-state index is 9.09. The van der Waals surface area contributed by atoms with Gasteiger partial charge in [0.2, 0.25) is 0 Å². The molecule has 0 radical (unpaired) electrons. The Balaban J connectivity index is 2.43. The summed E-state index contributed by atoms with van der Waals surface area (Å²) < 4.78 is 6.73. The topological polar surface area (TPSA) is 33.0 Å². The summed E-state index contributed by atoms with van der Waals surface area (Å²) in [4.78, 5) is 0. The van der Waals surface area contributed by atoms with Crippen LogP contribution in [0.4, 0.5) is 0 Å². The molecule has 2 rings (SSSR count). The number of benzene rings is 2. The fourth-order valence-corrected chi connectivity index (χ4v) is 2.25. The molecule has 0 bridgehead atoms. The number of hydrogen-bond donors (Lipinski definition) is 0. The maximum Gasteiger partial charge on any atom is 0.148 e. The van der Waals surface area contributed by atoms with Gasteiger partial charge in [-0.1, -0.05) is 18.2 Å². The summed E-state index contributed by atoms with van der Waals surface area (Å²) >= 11 is 3.47. The highest BCUT2D eigenvalue weighted by atomic mass is 79.9. The van der Waals surface area contributed by atoms with E-state index in [4.69, 9.17) is 10.00 Å². The molecule has 3 heteroatoms. The summed E-state index contributed by atoms with van der Waals surface area (Å²) in [7, 11) is 0. The molecule has 0 aromatic heterocycles. The first-order chi connectivity index (χ1) is 8.61. The van der Waals surface area contributed by atoms with Crippen molar-refractivity contribution in [1.82, 2.24) is 0 Å². The Morgan fingerprint density at radius 3 is 2.61 bits per heavy atom. The van der Waals surface area contributed by atoms with E-state index >= 15 is 0 Å². The average molecular weight is 302 g/mol. The lowest BCUT2D eigenvalue weighted by atomic mass is 10.1. The zero-order valence-corrected chi connectivity index (χ0v) is 11.8. The summed E-state index contributed by atoms with van der Waals surface area (Å²) in [6, 6.07) is 13.5. The predicted molar refractivity (Wildman–Crippen MR) is 74.8 cm³/mol. The molecule has 90 valence electrons. The van der Waals surface area contributed by atoms with Crippen LogP contribution in [0.3, 0.4) is 0 Å². The molecule has 0 heterocycles. The predicted octanol–water partition coefficient (Wildman–Crippen LogP) is 4.73. The van der Waals surface area contributed by atoms with Gasteiger partial charge in [0.05, 0.1) is 10.0 Å². The van der Waals surface area contributed by atoms with Crippen LogP contribution in [-0.2, 0) is 0 Å². The molecule has 2 aromatic rings. The van der Waals surface area contributed by atoms with Crippen LogP contribution < -0.4 is 4.74 Å². The summed E-state index contributed by atoms with van der Waals surface area (Å²) in [6.45, 7) is 3.95. The number of nitrogens with zero attached hydrogens (tertiary/aromatic N) is 1. The molecule has 0 aliphatic carbocycles. The highest BCUT2D eigenvalue weighted by Crippen LogP contribution is 2.33. The number of halogens is 1. The molecule has 0 amide bonds. The van der Waals surface area contributed by atoms with Crippen LogP contribution in [0.2, 0.25) is 0 Å². The largest absolute Gasteiger partial charge is 0.455 e. The molecule has 0 aliphatic heterocycles. The van der Waals surface area contributed by atoms with Gasteiger partial charge >= 0.3 is 0 Å². The van der Waals surface area contributed by atoms with Gasteiger partial charge in [-0.15, -0.1) is 0 Å². The van der Waals surface area contributed by atoms with Crippen LogP contribution in [0.15, 0.2) is 40.9 Å². The first-order valence-corrected chi connectivity index (χ1v) is 6.35. The molecule has 0 fully saturated rings. The van der Waals surface area contributed by atoms with E-state index in [1.165, 1.54) is 0 Å². The minimum absolute atomic E-state index is 0.544. The van der Waals surface area contributed by atoms with Crippen molar-refractivity contribution in [3.63, 3.8) is 0 Å². The Morgan fingerprint density at radius 1 is 1.17 bits per heavy atom. The smallest absolute Gasteiger partial charge is 0.148 e. The van der Waals surface area contributed by atoms with Gasteiger partial charge in [0, 0.05) is 0 Å². The zero-order valence-electron chi connectivity index (χ0n) is 10.2. The highest BCUT2D eigenvalue weighted by Gasteiger charge is 2.09. The van der Waals surface area contributed by atoms with Crippen molar-refractivity contribution in [2.75, 3.05) is 0 Å². The molecule has 0 unspecified atom stereocenters. The summed E-state index contributed by atoms with van der Waals surface area (Å²) in [5.41, 5.74) is 2.64. The quantitative estimate of drug-likeness (QED) is 0.803. The lowest BCUT2D eigenvalue weighted by molar-refractivity contribution is 0.474. The van der Waals surface area contributed by atoms with Gasteiger partial charge in [0.15, 0.2) is 0 Å². The molecule has 2 aromatic carbocycles. The second-order valence-corrected chi connectivity index (χ2v) is 4.95. The Labute approximate surface area is 115 Å². The Hall–Kier alpha value is -1.79. The minimum atomic E-state index is 0.544. The van der Waals surface area contributed by atoms with E-state index in [-0.39, 0.29) is 0 Å². The molecule has 0 saturated carbocycles. The van der Waals surface area contributed by atoms with E-state index in [0.29, 0.717) is 17.1 Å². The fraction of sp³-hybridized carbons (Fsp3) is 0.133. The van der Waals surface area contributed by atoms with E-state index in [1.54, 1.807) is 6.07 Å². The summed E-state index contributed by atoms with van der Waals surface area (Å²) in [5.74, 6) is 1.33. The van der Waals surface area contributed by atoms with Crippen molar-refractivity contribution in [1.29, 1.82) is 5.26 Å². The third-order valence-electron chi connectivity index (χ3n) is 2.63. The Kier molecular flexibility index (Phi) is 3.69. The van der Waals surface area contributed by atoms with Crippen molar-refractivity contribution in [2.45, 2.75) is 13.8 Å². The number of hydrogen-bond acceptors (Lipinski definition) is 2. The third kappa shape index (κ3) is 2.55. The zero-order chi connectivity index (χ0) is 13.1. The second-order valence-electron chi connectivity index (χ2n) is 4.10. The van der Waals surface area contributed by atoms with E-state index < -0.39 is 0 Å². The lowest BCUT2D eigenvalue weighted by Crippen LogP contribution is -1.92. The fourth-order valence-electron chi connectivity index (χ4n) is 1.67. The number of rotatable bonds is 2. The van der Waals surface area contributed by atoms with Crippen molar-refractivity contribution >= 4 is 15.9 Å². The van der Waals surface area contributed by atoms with Gasteiger partial charge in [-0.2, -0.15) is 5.26 Å². The summed E-state index contributed by atoms with van der Waals surface area (Å²) in [6.07, 6.45) is 0. The molecule has 0 spiro atoms. The monoisotopic (exact) mass is 301 g/mol. The van der Waals surface area contributed by atoms with E-state index in [1.807, 2.05) is 44.2 Å². The highest BCUT2D eigenvalue weighted by molar-refractivity contribution is 9.10. The standard InChI is InChI=1S/C15H12BrNO/c1-10-6-7-14(13(16)8-10)18-15-11(2)4-3-5-12(15)9-17/h3-8H,1-2H3. The van der Waals surface area contributed by atoms with Gasteiger partial charge in [-0.25, -0.2) is 0 Å². The van der Waals surface area contributed by atoms with Crippen molar-refractivity contribution in [2.24, 2.45) is 0 Å². The number of aryl methyl sites for hydroxylation is 2. The second kappa shape index (κ2) is 5.24. The molecule has 2 nitrogen and oxygen atoms in total. The Morgan fingerprint density at radius 2 is 1.94 bits per heavy atom. The van der Waals surface area contributed by atoms with Crippen molar-refractivity contribution < 1.29 is 4.74 Å². The number of para-hydroxylation sites is 1. The van der Waals surface area contributed by atoms with Crippen molar-refractivity contribution in [3.8, 4) is 17.6 Å². The first kappa shape index (κ1) is 12.7. The molecule has 0 atom stereocenters. The molecule has 0 aliphatic rings. The number of ether oxygens (including phenoxy) is 1. The molecule has 0 saturated heterocycles. The SMILES string of the molecule is Cc1ccc(Oc2c(C)cccc2C#N)c(Br)c1. The first-order valence-electron chi connectivity index (χ1n) is 5.55. The van der Waals surface area contributed by atoms with E-state index in [0.717, 1.165) is 15.6 Å². The van der Waals surface area contributed by atoms with Gasteiger partial charge in [0.25, 0.3) is 0 Å².